The van der Waals surface area contributed by atoms with Crippen LogP contribution in [0.1, 0.15) is 44.4 Å². The van der Waals surface area contributed by atoms with Gasteiger partial charge < -0.3 is 28.8 Å². The predicted octanol–water partition coefficient (Wildman–Crippen LogP) is 6.39. The molecule has 292 valence electrons. The second-order valence-electron chi connectivity index (χ2n) is 15.2. The van der Waals surface area contributed by atoms with Crippen LogP contribution < -0.4 is 10.4 Å². The highest BCUT2D eigenvalue weighted by Gasteiger charge is 2.62. The van der Waals surface area contributed by atoms with Crippen LogP contribution >= 0.6 is 0 Å². The number of hydrogen-bond acceptors (Lipinski definition) is 8. The number of aliphatic hydroxyl groups excluding tert-OH is 2. The molecule has 2 N–H and O–H groups in total. The highest BCUT2D eigenvalue weighted by Crippen LogP contribution is 2.43. The summed E-state index contributed by atoms with van der Waals surface area (Å²) in [6, 6.07) is 47.0. The van der Waals surface area contributed by atoms with Crippen LogP contribution in [0.15, 0.2) is 152 Å². The number of ketones is 1. The lowest BCUT2D eigenvalue weighted by atomic mass is 9.97. The smallest absolute Gasteiger partial charge is 0.412 e. The zero-order valence-corrected chi connectivity index (χ0v) is 33.3. The molecule has 6 atom stereocenters. The average Bonchev–Trinajstić information content (AvgIpc) is 3.53. The molecule has 5 aromatic rings. The number of ether oxygens (including phenoxy) is 3. The topological polar surface area (TPSA) is 115 Å². The predicted molar refractivity (Wildman–Crippen MR) is 217 cm³/mol. The molecule has 0 radical (unpaired) electrons. The third kappa shape index (κ3) is 9.02. The van der Waals surface area contributed by atoms with Gasteiger partial charge in [0.25, 0.3) is 8.32 Å². The van der Waals surface area contributed by atoms with Gasteiger partial charge in [0, 0.05) is 0 Å². The first-order chi connectivity index (χ1) is 27.0. The van der Waals surface area contributed by atoms with E-state index in [-0.39, 0.29) is 19.8 Å². The van der Waals surface area contributed by atoms with Crippen molar-refractivity contribution in [3.8, 4) is 0 Å². The zero-order valence-electron chi connectivity index (χ0n) is 32.3. The summed E-state index contributed by atoms with van der Waals surface area (Å²) in [7, 11) is -3.46. The molecule has 0 aromatic heterocycles. The van der Waals surface area contributed by atoms with Crippen molar-refractivity contribution < 1.29 is 38.4 Å². The number of Topliss-reactive ketones (excluding diaryl/α,β-unsaturated/α-hetero) is 1. The summed E-state index contributed by atoms with van der Waals surface area (Å²) >= 11 is 0. The number of benzene rings is 5. The highest BCUT2D eigenvalue weighted by molar-refractivity contribution is 6.99. The van der Waals surface area contributed by atoms with Crippen LogP contribution in [0.4, 0.5) is 4.79 Å². The Labute approximate surface area is 330 Å². The van der Waals surface area contributed by atoms with Gasteiger partial charge in [-0.3, -0.25) is 9.69 Å². The van der Waals surface area contributed by atoms with Crippen LogP contribution in [-0.2, 0) is 43.3 Å². The van der Waals surface area contributed by atoms with Crippen molar-refractivity contribution in [1.29, 1.82) is 0 Å². The molecule has 10 heteroatoms. The second kappa shape index (κ2) is 18.3. The zero-order chi connectivity index (χ0) is 39.7. The van der Waals surface area contributed by atoms with E-state index in [0.717, 1.165) is 27.1 Å². The largest absolute Gasteiger partial charge is 0.444 e. The van der Waals surface area contributed by atoms with Gasteiger partial charge in [0.15, 0.2) is 12.0 Å². The second-order valence-corrected chi connectivity index (χ2v) is 19.4. The van der Waals surface area contributed by atoms with Crippen molar-refractivity contribution >= 4 is 30.6 Å². The summed E-state index contributed by atoms with van der Waals surface area (Å²) < 4.78 is 27.3. The third-order valence-electron chi connectivity index (χ3n) is 10.3. The van der Waals surface area contributed by atoms with Gasteiger partial charge in [-0.1, -0.05) is 172 Å². The molecule has 5 aromatic carbocycles. The molecule has 1 fully saturated rings. The minimum atomic E-state index is -3.46. The summed E-state index contributed by atoms with van der Waals surface area (Å²) in [6.45, 7) is 7.69. The van der Waals surface area contributed by atoms with Gasteiger partial charge >= 0.3 is 6.09 Å². The highest BCUT2D eigenvalue weighted by atomic mass is 28.4. The number of likely N-dealkylation sites (tertiary alicyclic amines) is 1. The minimum Gasteiger partial charge on any atom is -0.444 e. The number of aliphatic hydroxyl groups is 2. The molecule has 9 nitrogen and oxygen atoms in total. The Morgan fingerprint density at radius 2 is 1.02 bits per heavy atom. The van der Waals surface area contributed by atoms with Crippen molar-refractivity contribution in [3.05, 3.63) is 168 Å². The lowest BCUT2D eigenvalue weighted by Crippen LogP contribution is -2.70. The lowest BCUT2D eigenvalue weighted by molar-refractivity contribution is -0.138. The standard InChI is InChI=1S/C46H51NO8Si/c1-33(48)40(49)41(50)39-42(52-30-34-20-10-5-11-21-34)43(53-31-35-22-12-6-13-23-35)44(47(39)45(51)54-32-36-24-14-7-15-25-36)55-56(46(2,3)4,37-26-16-8-17-27-37)38-28-18-9-19-29-38/h5-29,39-44,49-50H,30-32H2,1-4H3/t39-,40+,41+,42-,43+,44-/m1/s1. The Morgan fingerprint density at radius 3 is 1.43 bits per heavy atom. The third-order valence-corrected chi connectivity index (χ3v) is 15.3. The SMILES string of the molecule is CC(=O)[C@H](O)[C@@H](O)[C@@H]1[C@@H](OCc2ccccc2)[C@H](OCc2ccccc2)[C@@H](O[Si](c2ccccc2)(c2ccccc2)C(C)(C)C)N1C(=O)OCc1ccccc1. The van der Waals surface area contributed by atoms with E-state index in [4.69, 9.17) is 18.6 Å². The Balaban J connectivity index is 1.56. The number of nitrogens with zero attached hydrogens (tertiary/aromatic N) is 1. The van der Waals surface area contributed by atoms with E-state index in [2.05, 4.69) is 20.8 Å². The maximum Gasteiger partial charge on any atom is 0.412 e. The average molecular weight is 774 g/mol. The number of hydrogen-bond donors (Lipinski definition) is 2. The van der Waals surface area contributed by atoms with Crippen molar-refractivity contribution in [2.45, 2.75) is 89.2 Å². The number of rotatable bonds is 15. The Morgan fingerprint density at radius 1 is 0.625 bits per heavy atom. The van der Waals surface area contributed by atoms with Crippen LogP contribution in [0.5, 0.6) is 0 Å². The van der Waals surface area contributed by atoms with Crippen molar-refractivity contribution in [1.82, 2.24) is 4.90 Å². The van der Waals surface area contributed by atoms with Crippen molar-refractivity contribution in [2.24, 2.45) is 0 Å². The number of carbonyl (C=O) groups excluding carboxylic acids is 2. The van der Waals surface area contributed by atoms with Gasteiger partial charge in [0.05, 0.1) is 19.3 Å². The molecule has 1 heterocycles. The van der Waals surface area contributed by atoms with E-state index in [9.17, 15) is 19.8 Å². The van der Waals surface area contributed by atoms with Crippen molar-refractivity contribution in [2.75, 3.05) is 0 Å². The fourth-order valence-corrected chi connectivity index (χ4v) is 12.2. The molecular weight excluding hydrogens is 723 g/mol. The normalized spacial score (nSPS) is 19.6. The fourth-order valence-electron chi connectivity index (χ4n) is 7.55. The Hall–Kier alpha value is -4.94. The van der Waals surface area contributed by atoms with Crippen LogP contribution in [0.2, 0.25) is 5.04 Å². The molecule has 6 rings (SSSR count). The van der Waals surface area contributed by atoms with Gasteiger partial charge in [-0.2, -0.15) is 0 Å². The molecule has 1 saturated heterocycles. The fraction of sp³-hybridized carbons (Fsp3) is 0.304. The Kier molecular flexibility index (Phi) is 13.3. The molecule has 0 saturated carbocycles. The molecule has 1 amide bonds. The first-order valence-corrected chi connectivity index (χ1v) is 20.9. The molecule has 56 heavy (non-hydrogen) atoms. The van der Waals surface area contributed by atoms with E-state index in [1.807, 2.05) is 152 Å². The molecule has 0 aliphatic carbocycles. The Bertz CT molecular complexity index is 1940. The maximum absolute atomic E-state index is 14.8. The van der Waals surface area contributed by atoms with Crippen LogP contribution in [0, 0.1) is 0 Å². The van der Waals surface area contributed by atoms with Gasteiger partial charge in [-0.05, 0) is 39.0 Å². The maximum atomic E-state index is 14.8. The molecule has 1 aliphatic heterocycles. The van der Waals surface area contributed by atoms with Crippen LogP contribution in [0.3, 0.4) is 0 Å². The minimum absolute atomic E-state index is 0.0781. The molecule has 0 unspecified atom stereocenters. The van der Waals surface area contributed by atoms with E-state index in [1.165, 1.54) is 11.8 Å². The summed E-state index contributed by atoms with van der Waals surface area (Å²) in [5, 5.41) is 24.7. The summed E-state index contributed by atoms with van der Waals surface area (Å²) in [5.41, 5.74) is 2.45. The van der Waals surface area contributed by atoms with Gasteiger partial charge in [-0.15, -0.1) is 0 Å². The molecule has 1 aliphatic rings. The van der Waals surface area contributed by atoms with Gasteiger partial charge in [0.1, 0.15) is 31.0 Å². The summed E-state index contributed by atoms with van der Waals surface area (Å²) in [6.07, 6.45) is -7.84. The van der Waals surface area contributed by atoms with E-state index < -0.39 is 61.9 Å². The summed E-state index contributed by atoms with van der Waals surface area (Å²) in [5.74, 6) is -0.671. The van der Waals surface area contributed by atoms with Gasteiger partial charge in [-0.25, -0.2) is 4.79 Å². The monoisotopic (exact) mass is 773 g/mol. The van der Waals surface area contributed by atoms with E-state index >= 15 is 0 Å². The number of amides is 1. The van der Waals surface area contributed by atoms with Gasteiger partial charge in [0.2, 0.25) is 0 Å². The van der Waals surface area contributed by atoms with E-state index in [1.54, 1.807) is 0 Å². The first-order valence-electron chi connectivity index (χ1n) is 19.0. The van der Waals surface area contributed by atoms with E-state index in [0.29, 0.717) is 0 Å². The van der Waals surface area contributed by atoms with Crippen LogP contribution in [-0.4, -0.2) is 72.0 Å². The quantitative estimate of drug-likeness (QED) is 0.118. The molecule has 0 spiro atoms. The lowest BCUT2D eigenvalue weighted by Gasteiger charge is -2.46. The van der Waals surface area contributed by atoms with Crippen molar-refractivity contribution in [3.63, 3.8) is 0 Å². The summed E-state index contributed by atoms with van der Waals surface area (Å²) in [4.78, 5) is 28.9. The number of carbonyl (C=O) groups is 2. The first kappa shape index (κ1) is 40.7. The van der Waals surface area contributed by atoms with Crippen LogP contribution in [0.25, 0.3) is 0 Å². The molecule has 0 bridgehead atoms. The molecular formula is C46H51NO8Si.